The number of anilines is 2. The summed E-state index contributed by atoms with van der Waals surface area (Å²) in [6, 6.07) is 9.27. The Hall–Kier alpha value is -3.14. The second-order valence-corrected chi connectivity index (χ2v) is 8.04. The van der Waals surface area contributed by atoms with Gasteiger partial charge in [-0.2, -0.15) is 0 Å². The highest BCUT2D eigenvalue weighted by Gasteiger charge is 2.31. The van der Waals surface area contributed by atoms with E-state index >= 15 is 0 Å². The number of rotatable bonds is 7. The summed E-state index contributed by atoms with van der Waals surface area (Å²) in [5.41, 5.74) is 0.757. The number of carbonyl (C=O) groups is 1. The van der Waals surface area contributed by atoms with Gasteiger partial charge in [0.05, 0.1) is 24.0 Å². The summed E-state index contributed by atoms with van der Waals surface area (Å²) in [6.07, 6.45) is 0.947. The molecule has 0 spiro atoms. The van der Waals surface area contributed by atoms with E-state index in [1.54, 1.807) is 31.2 Å². The maximum atomic E-state index is 12.7. The van der Waals surface area contributed by atoms with Crippen molar-refractivity contribution in [2.45, 2.75) is 19.9 Å². The first-order valence-electron chi connectivity index (χ1n) is 8.24. The number of carbonyl (C=O) groups excluding carboxylic acids is 1. The summed E-state index contributed by atoms with van der Waals surface area (Å²) in [5, 5.41) is 13.7. The Morgan fingerprint density at radius 3 is 2.32 bits per heavy atom. The number of aryl methyl sites for hydroxylation is 1. The van der Waals surface area contributed by atoms with Crippen molar-refractivity contribution >= 4 is 33.0 Å². The van der Waals surface area contributed by atoms with Gasteiger partial charge in [-0.25, -0.2) is 8.42 Å². The van der Waals surface area contributed by atoms with Crippen LogP contribution in [-0.2, 0) is 14.8 Å². The quantitative estimate of drug-likeness (QED) is 0.557. The molecule has 0 fully saturated rings. The smallest absolute Gasteiger partial charge is 0.271 e. The van der Waals surface area contributed by atoms with Crippen molar-refractivity contribution in [1.29, 1.82) is 0 Å². The van der Waals surface area contributed by atoms with Gasteiger partial charge < -0.3 is 10.1 Å². The molecule has 0 saturated heterocycles. The van der Waals surface area contributed by atoms with Gasteiger partial charge in [-0.15, -0.1) is 0 Å². The average Bonchev–Trinajstić information content (AvgIpc) is 2.62. The van der Waals surface area contributed by atoms with E-state index in [2.05, 4.69) is 5.32 Å². The van der Waals surface area contributed by atoms with Gasteiger partial charge in [0, 0.05) is 17.8 Å². The molecule has 2 rings (SSSR count). The summed E-state index contributed by atoms with van der Waals surface area (Å²) < 4.78 is 30.7. The third-order valence-electron chi connectivity index (χ3n) is 4.09. The van der Waals surface area contributed by atoms with Crippen molar-refractivity contribution in [1.82, 2.24) is 0 Å². The molecule has 0 unspecified atom stereocenters. The molecule has 0 aliphatic carbocycles. The molecule has 0 radical (unpaired) electrons. The molecule has 0 saturated carbocycles. The molecule has 0 bridgehead atoms. The topological polar surface area (TPSA) is 119 Å². The second-order valence-electron chi connectivity index (χ2n) is 6.18. The highest BCUT2D eigenvalue weighted by Crippen LogP contribution is 2.29. The number of sulfonamides is 1. The van der Waals surface area contributed by atoms with E-state index in [1.807, 2.05) is 0 Å². The second kappa shape index (κ2) is 8.26. The number of non-ortho nitro benzene ring substituents is 1. The molecule has 0 aromatic heterocycles. The lowest BCUT2D eigenvalue weighted by Gasteiger charge is -2.29. The zero-order chi connectivity index (χ0) is 21.1. The SMILES string of the molecule is COc1ccc(NC(=O)[C@@H](C)N(c2cc([N+](=O)[O-])ccc2C)S(C)(=O)=O)cc1. The fourth-order valence-electron chi connectivity index (χ4n) is 2.65. The zero-order valence-corrected chi connectivity index (χ0v) is 16.7. The number of amides is 1. The van der Waals surface area contributed by atoms with E-state index in [1.165, 1.54) is 26.2 Å². The van der Waals surface area contributed by atoms with Crippen molar-refractivity contribution in [2.75, 3.05) is 23.0 Å². The summed E-state index contributed by atoms with van der Waals surface area (Å²) in [7, 11) is -2.39. The van der Waals surface area contributed by atoms with Gasteiger partial charge in [0.2, 0.25) is 15.9 Å². The first kappa shape index (κ1) is 21.2. The Bertz CT molecular complexity index is 989. The number of nitro groups is 1. The van der Waals surface area contributed by atoms with Crippen LogP contribution >= 0.6 is 0 Å². The van der Waals surface area contributed by atoms with Crippen molar-refractivity contribution < 1.29 is 22.9 Å². The molecule has 150 valence electrons. The summed E-state index contributed by atoms with van der Waals surface area (Å²) in [6.45, 7) is 3.03. The zero-order valence-electron chi connectivity index (χ0n) is 15.9. The minimum Gasteiger partial charge on any atom is -0.497 e. The largest absolute Gasteiger partial charge is 0.497 e. The molecule has 1 N–H and O–H groups in total. The van der Waals surface area contributed by atoms with Crippen LogP contribution in [0.1, 0.15) is 12.5 Å². The Labute approximate surface area is 163 Å². The van der Waals surface area contributed by atoms with Crippen LogP contribution in [0.3, 0.4) is 0 Å². The fourth-order valence-corrected chi connectivity index (χ4v) is 3.87. The maximum Gasteiger partial charge on any atom is 0.271 e. The van der Waals surface area contributed by atoms with Crippen LogP contribution in [0.2, 0.25) is 0 Å². The molecule has 2 aromatic carbocycles. The van der Waals surface area contributed by atoms with E-state index in [4.69, 9.17) is 4.74 Å². The summed E-state index contributed by atoms with van der Waals surface area (Å²) in [5.74, 6) is 0.0255. The maximum absolute atomic E-state index is 12.7. The first-order valence-corrected chi connectivity index (χ1v) is 10.1. The summed E-state index contributed by atoms with van der Waals surface area (Å²) >= 11 is 0. The number of benzene rings is 2. The minimum atomic E-state index is -3.90. The molecule has 0 heterocycles. The lowest BCUT2D eigenvalue weighted by atomic mass is 10.1. The molecule has 10 heteroatoms. The monoisotopic (exact) mass is 407 g/mol. The highest BCUT2D eigenvalue weighted by atomic mass is 32.2. The number of hydrogen-bond acceptors (Lipinski definition) is 6. The minimum absolute atomic E-state index is 0.0779. The lowest BCUT2D eigenvalue weighted by Crippen LogP contribution is -2.45. The third kappa shape index (κ3) is 4.77. The normalized spacial score (nSPS) is 12.1. The molecule has 0 aliphatic heterocycles. The number of ether oxygens (including phenoxy) is 1. The molecule has 28 heavy (non-hydrogen) atoms. The van der Waals surface area contributed by atoms with Gasteiger partial charge in [0.15, 0.2) is 0 Å². The van der Waals surface area contributed by atoms with Crippen LogP contribution in [0, 0.1) is 17.0 Å². The van der Waals surface area contributed by atoms with E-state index in [-0.39, 0.29) is 11.4 Å². The van der Waals surface area contributed by atoms with E-state index in [0.29, 0.717) is 17.0 Å². The lowest BCUT2D eigenvalue weighted by molar-refractivity contribution is -0.384. The molecule has 2 aromatic rings. The van der Waals surface area contributed by atoms with Crippen molar-refractivity contribution in [2.24, 2.45) is 0 Å². The van der Waals surface area contributed by atoms with Gasteiger partial charge in [0.1, 0.15) is 11.8 Å². The Balaban J connectivity index is 2.38. The number of hydrogen-bond donors (Lipinski definition) is 1. The molecule has 1 amide bonds. The average molecular weight is 407 g/mol. The standard InChI is InChI=1S/C18H21N3O6S/c1-12-5-8-15(21(23)24)11-17(12)20(28(4,25)26)13(2)18(22)19-14-6-9-16(27-3)10-7-14/h5-11,13H,1-4H3,(H,19,22)/t13-/m1/s1. The van der Waals surface area contributed by atoms with Crippen LogP contribution in [0.15, 0.2) is 42.5 Å². The van der Waals surface area contributed by atoms with Crippen LogP contribution in [0.4, 0.5) is 17.1 Å². The van der Waals surface area contributed by atoms with Crippen LogP contribution in [0.25, 0.3) is 0 Å². The van der Waals surface area contributed by atoms with Gasteiger partial charge in [0.25, 0.3) is 5.69 Å². The molecular weight excluding hydrogens is 386 g/mol. The Morgan fingerprint density at radius 2 is 1.82 bits per heavy atom. The van der Waals surface area contributed by atoms with Gasteiger partial charge in [-0.1, -0.05) is 6.07 Å². The van der Waals surface area contributed by atoms with Crippen LogP contribution < -0.4 is 14.4 Å². The highest BCUT2D eigenvalue weighted by molar-refractivity contribution is 7.92. The van der Waals surface area contributed by atoms with E-state index in [9.17, 15) is 23.3 Å². The number of nitro benzene ring substituents is 1. The number of methoxy groups -OCH3 is 1. The molecule has 1 atom stereocenters. The Kier molecular flexibility index (Phi) is 6.24. The number of nitrogens with zero attached hydrogens (tertiary/aromatic N) is 2. The van der Waals surface area contributed by atoms with Crippen molar-refractivity contribution in [3.8, 4) is 5.75 Å². The molecular formula is C18H21N3O6S. The number of nitrogens with one attached hydrogen (secondary N) is 1. The van der Waals surface area contributed by atoms with Crippen LogP contribution in [0.5, 0.6) is 5.75 Å². The first-order chi connectivity index (χ1) is 13.0. The fraction of sp³-hybridized carbons (Fsp3) is 0.278. The van der Waals surface area contributed by atoms with E-state index in [0.717, 1.165) is 16.6 Å². The van der Waals surface area contributed by atoms with E-state index < -0.39 is 26.9 Å². The summed E-state index contributed by atoms with van der Waals surface area (Å²) in [4.78, 5) is 23.1. The van der Waals surface area contributed by atoms with Crippen molar-refractivity contribution in [3.63, 3.8) is 0 Å². The van der Waals surface area contributed by atoms with Gasteiger partial charge in [-0.3, -0.25) is 19.2 Å². The van der Waals surface area contributed by atoms with Crippen molar-refractivity contribution in [3.05, 3.63) is 58.1 Å². The molecule has 0 aliphatic rings. The molecule has 9 nitrogen and oxygen atoms in total. The Morgan fingerprint density at radius 1 is 1.21 bits per heavy atom. The third-order valence-corrected chi connectivity index (χ3v) is 5.31. The predicted molar refractivity (Wildman–Crippen MR) is 106 cm³/mol. The van der Waals surface area contributed by atoms with Gasteiger partial charge >= 0.3 is 0 Å². The van der Waals surface area contributed by atoms with Crippen LogP contribution in [-0.4, -0.2) is 38.7 Å². The predicted octanol–water partition coefficient (Wildman–Crippen LogP) is 2.71. The van der Waals surface area contributed by atoms with Gasteiger partial charge in [-0.05, 0) is 43.7 Å².